The van der Waals surface area contributed by atoms with Crippen molar-refractivity contribution in [1.82, 2.24) is 5.32 Å². The molecule has 0 aliphatic carbocycles. The smallest absolute Gasteiger partial charge is 0.128 e. The largest absolute Gasteiger partial charge is 0.389 e. The van der Waals surface area contributed by atoms with Crippen molar-refractivity contribution < 1.29 is 13.9 Å². The minimum Gasteiger partial charge on any atom is -0.389 e. The summed E-state index contributed by atoms with van der Waals surface area (Å²) in [7, 11) is 0. The Bertz CT molecular complexity index is 393. The van der Waals surface area contributed by atoms with Crippen LogP contribution in [0.25, 0.3) is 0 Å². The van der Waals surface area contributed by atoms with E-state index in [-0.39, 0.29) is 11.6 Å². The highest BCUT2D eigenvalue weighted by molar-refractivity contribution is 5.21. The summed E-state index contributed by atoms with van der Waals surface area (Å²) in [6, 6.07) is 3.05. The molecular weight excluding hydrogens is 236 g/mol. The average molecular weight is 257 g/mol. The molecule has 18 heavy (non-hydrogen) atoms. The second-order valence-electron chi connectivity index (χ2n) is 5.02. The van der Waals surface area contributed by atoms with Crippen LogP contribution in [0.5, 0.6) is 0 Å². The molecule has 0 bridgehead atoms. The lowest BCUT2D eigenvalue weighted by molar-refractivity contribution is 0.0475. The Labute approximate surface area is 107 Å². The van der Waals surface area contributed by atoms with E-state index in [0.29, 0.717) is 13.0 Å². The number of hydrogen-bond acceptors (Lipinski definition) is 2. The first-order valence-corrected chi connectivity index (χ1v) is 6.26. The molecule has 0 saturated heterocycles. The molecule has 1 rings (SSSR count). The van der Waals surface area contributed by atoms with E-state index in [2.05, 4.69) is 5.32 Å². The van der Waals surface area contributed by atoms with Gasteiger partial charge in [0.25, 0.3) is 0 Å². The van der Waals surface area contributed by atoms with Crippen LogP contribution in [0.2, 0.25) is 0 Å². The first-order valence-electron chi connectivity index (χ1n) is 6.26. The van der Waals surface area contributed by atoms with E-state index < -0.39 is 17.2 Å². The lowest BCUT2D eigenvalue weighted by Crippen LogP contribution is -2.38. The van der Waals surface area contributed by atoms with Gasteiger partial charge in [0.1, 0.15) is 11.6 Å². The molecule has 0 amide bonds. The number of nitrogens with one attached hydrogen (secondary N) is 1. The summed E-state index contributed by atoms with van der Waals surface area (Å²) in [5, 5.41) is 13.0. The molecular formula is C14H21F2NO. The molecule has 102 valence electrons. The zero-order valence-electron chi connectivity index (χ0n) is 11.1. The van der Waals surface area contributed by atoms with Crippen LogP contribution < -0.4 is 5.32 Å². The van der Waals surface area contributed by atoms with Crippen LogP contribution in [0.4, 0.5) is 8.78 Å². The topological polar surface area (TPSA) is 32.3 Å². The van der Waals surface area contributed by atoms with Gasteiger partial charge in [0, 0.05) is 18.2 Å². The van der Waals surface area contributed by atoms with Crippen LogP contribution >= 0.6 is 0 Å². The highest BCUT2D eigenvalue weighted by Crippen LogP contribution is 2.19. The molecule has 2 atom stereocenters. The first kappa shape index (κ1) is 15.1. The van der Waals surface area contributed by atoms with Crippen molar-refractivity contribution in [2.75, 3.05) is 6.54 Å². The fraction of sp³-hybridized carbons (Fsp3) is 0.571. The zero-order valence-corrected chi connectivity index (χ0v) is 11.1. The van der Waals surface area contributed by atoms with Crippen LogP contribution in [-0.4, -0.2) is 17.3 Å². The third-order valence-corrected chi connectivity index (χ3v) is 3.00. The Morgan fingerprint density at radius 3 is 2.67 bits per heavy atom. The standard InChI is InChI=1S/C14H21F2NO/c1-4-7-14(3,18)9-17-10(2)12-8-11(15)5-6-13(12)16/h5-6,8,10,17-18H,4,7,9H2,1-3H3. The summed E-state index contributed by atoms with van der Waals surface area (Å²) in [5.41, 5.74) is -0.547. The molecule has 0 fully saturated rings. The highest BCUT2D eigenvalue weighted by Gasteiger charge is 2.21. The van der Waals surface area contributed by atoms with Gasteiger partial charge in [-0.3, -0.25) is 0 Å². The van der Waals surface area contributed by atoms with Crippen molar-refractivity contribution in [1.29, 1.82) is 0 Å². The third-order valence-electron chi connectivity index (χ3n) is 3.00. The number of rotatable bonds is 6. The van der Waals surface area contributed by atoms with E-state index in [9.17, 15) is 13.9 Å². The maximum Gasteiger partial charge on any atom is 0.128 e. The molecule has 4 heteroatoms. The van der Waals surface area contributed by atoms with Crippen LogP contribution in [-0.2, 0) is 0 Å². The van der Waals surface area contributed by atoms with Crippen molar-refractivity contribution in [3.05, 3.63) is 35.4 Å². The zero-order chi connectivity index (χ0) is 13.8. The maximum absolute atomic E-state index is 13.5. The fourth-order valence-corrected chi connectivity index (χ4v) is 1.96. The average Bonchev–Trinajstić information content (AvgIpc) is 2.29. The molecule has 2 unspecified atom stereocenters. The highest BCUT2D eigenvalue weighted by atomic mass is 19.1. The molecule has 2 N–H and O–H groups in total. The molecule has 0 radical (unpaired) electrons. The van der Waals surface area contributed by atoms with E-state index in [0.717, 1.165) is 18.6 Å². The van der Waals surface area contributed by atoms with Gasteiger partial charge < -0.3 is 10.4 Å². The monoisotopic (exact) mass is 257 g/mol. The second kappa shape index (κ2) is 6.25. The Balaban J connectivity index is 2.65. The van der Waals surface area contributed by atoms with E-state index in [1.807, 2.05) is 6.92 Å². The molecule has 0 aliphatic heterocycles. The van der Waals surface area contributed by atoms with E-state index in [4.69, 9.17) is 0 Å². The van der Waals surface area contributed by atoms with E-state index >= 15 is 0 Å². The van der Waals surface area contributed by atoms with Crippen LogP contribution in [0.15, 0.2) is 18.2 Å². The SMILES string of the molecule is CCCC(C)(O)CNC(C)c1cc(F)ccc1F. The van der Waals surface area contributed by atoms with Crippen LogP contribution in [0.1, 0.15) is 45.2 Å². The van der Waals surface area contributed by atoms with Crippen molar-refractivity contribution >= 4 is 0 Å². The third kappa shape index (κ3) is 4.35. The summed E-state index contributed by atoms with van der Waals surface area (Å²) in [4.78, 5) is 0. The Morgan fingerprint density at radius 1 is 1.39 bits per heavy atom. The van der Waals surface area contributed by atoms with E-state index in [1.54, 1.807) is 13.8 Å². The predicted octanol–water partition coefficient (Wildman–Crippen LogP) is 3.17. The molecule has 2 nitrogen and oxygen atoms in total. The van der Waals surface area contributed by atoms with Gasteiger partial charge >= 0.3 is 0 Å². The minimum atomic E-state index is -0.827. The Hall–Kier alpha value is -1.00. The summed E-state index contributed by atoms with van der Waals surface area (Å²) in [6.07, 6.45) is 1.54. The van der Waals surface area contributed by atoms with Gasteiger partial charge in [-0.25, -0.2) is 8.78 Å². The predicted molar refractivity (Wildman–Crippen MR) is 68.3 cm³/mol. The fourth-order valence-electron chi connectivity index (χ4n) is 1.96. The van der Waals surface area contributed by atoms with Crippen molar-refractivity contribution in [2.45, 2.75) is 45.3 Å². The Kier molecular flexibility index (Phi) is 5.23. The molecule has 0 saturated carbocycles. The molecule has 1 aromatic rings. The van der Waals surface area contributed by atoms with Gasteiger partial charge in [-0.05, 0) is 38.5 Å². The molecule has 0 heterocycles. The normalized spacial score (nSPS) is 16.3. The number of hydrogen-bond donors (Lipinski definition) is 2. The molecule has 0 aromatic heterocycles. The van der Waals surface area contributed by atoms with Crippen molar-refractivity contribution in [2.24, 2.45) is 0 Å². The van der Waals surface area contributed by atoms with Crippen molar-refractivity contribution in [3.63, 3.8) is 0 Å². The minimum absolute atomic E-state index is 0.280. The second-order valence-corrected chi connectivity index (χ2v) is 5.02. The van der Waals surface area contributed by atoms with Crippen LogP contribution in [0.3, 0.4) is 0 Å². The van der Waals surface area contributed by atoms with E-state index in [1.165, 1.54) is 6.07 Å². The summed E-state index contributed by atoms with van der Waals surface area (Å²) < 4.78 is 26.6. The van der Waals surface area contributed by atoms with Gasteiger partial charge in [-0.1, -0.05) is 13.3 Å². The Morgan fingerprint density at radius 2 is 2.06 bits per heavy atom. The van der Waals surface area contributed by atoms with Crippen molar-refractivity contribution in [3.8, 4) is 0 Å². The van der Waals surface area contributed by atoms with Gasteiger partial charge in [0.2, 0.25) is 0 Å². The summed E-state index contributed by atoms with van der Waals surface area (Å²) in [5.74, 6) is -0.896. The summed E-state index contributed by atoms with van der Waals surface area (Å²) in [6.45, 7) is 5.82. The molecule has 0 spiro atoms. The van der Waals surface area contributed by atoms with Gasteiger partial charge in [-0.2, -0.15) is 0 Å². The van der Waals surface area contributed by atoms with Gasteiger partial charge in [-0.15, -0.1) is 0 Å². The van der Waals surface area contributed by atoms with Gasteiger partial charge in [0.15, 0.2) is 0 Å². The quantitative estimate of drug-likeness (QED) is 0.820. The van der Waals surface area contributed by atoms with Crippen LogP contribution in [0, 0.1) is 11.6 Å². The number of halogens is 2. The first-order chi connectivity index (χ1) is 8.35. The summed E-state index contributed by atoms with van der Waals surface area (Å²) >= 11 is 0. The lowest BCUT2D eigenvalue weighted by Gasteiger charge is -2.26. The molecule has 1 aromatic carbocycles. The molecule has 0 aliphatic rings. The number of benzene rings is 1. The maximum atomic E-state index is 13.5. The van der Waals surface area contributed by atoms with Gasteiger partial charge in [0.05, 0.1) is 5.60 Å². The number of aliphatic hydroxyl groups is 1. The lowest BCUT2D eigenvalue weighted by atomic mass is 9.99.